The van der Waals surface area contributed by atoms with Crippen molar-refractivity contribution in [1.29, 1.82) is 0 Å². The molecule has 4 heteroatoms. The molecule has 3 aromatic carbocycles. The molecule has 1 fully saturated rings. The van der Waals surface area contributed by atoms with Crippen LogP contribution in [0.5, 0.6) is 0 Å². The predicted molar refractivity (Wildman–Crippen MR) is 113 cm³/mol. The summed E-state index contributed by atoms with van der Waals surface area (Å²) in [5.41, 5.74) is 3.37. The summed E-state index contributed by atoms with van der Waals surface area (Å²) >= 11 is 0. The second kappa shape index (κ2) is 7.89. The monoisotopic (exact) mass is 376 g/mol. The molecular formula is C23H22NO2S+. The maximum Gasteiger partial charge on any atom is 0.335 e. The van der Waals surface area contributed by atoms with E-state index in [1.807, 2.05) is 30.3 Å². The average Bonchev–Trinajstić information content (AvgIpc) is 3.25. The van der Waals surface area contributed by atoms with Gasteiger partial charge in [-0.15, -0.1) is 0 Å². The summed E-state index contributed by atoms with van der Waals surface area (Å²) in [5, 5.41) is 9.17. The van der Waals surface area contributed by atoms with Crippen molar-refractivity contribution in [1.82, 2.24) is 0 Å². The summed E-state index contributed by atoms with van der Waals surface area (Å²) < 4.78 is 0. The zero-order valence-corrected chi connectivity index (χ0v) is 15.9. The van der Waals surface area contributed by atoms with E-state index < -0.39 is 5.97 Å². The molecule has 0 aromatic heterocycles. The van der Waals surface area contributed by atoms with Crippen LogP contribution in [0.2, 0.25) is 0 Å². The highest BCUT2D eigenvalue weighted by Crippen LogP contribution is 2.35. The molecule has 1 saturated heterocycles. The number of rotatable bonds is 5. The summed E-state index contributed by atoms with van der Waals surface area (Å²) in [6.07, 6.45) is 2.69. The zero-order chi connectivity index (χ0) is 18.6. The molecule has 0 aliphatic carbocycles. The fourth-order valence-corrected chi connectivity index (χ4v) is 5.76. The summed E-state index contributed by atoms with van der Waals surface area (Å²) in [6, 6.07) is 26.1. The number of carboxylic acid groups (broad SMARTS) is 1. The average molecular weight is 377 g/mol. The molecule has 0 bridgehead atoms. The Bertz CT molecular complexity index is 901. The fraction of sp³-hybridized carbons (Fsp3) is 0.174. The Balaban J connectivity index is 1.71. The van der Waals surface area contributed by atoms with Crippen molar-refractivity contribution in [3.8, 4) is 0 Å². The van der Waals surface area contributed by atoms with E-state index in [-0.39, 0.29) is 0 Å². The number of anilines is 3. The quantitative estimate of drug-likeness (QED) is 0.587. The van der Waals surface area contributed by atoms with Gasteiger partial charge in [0.15, 0.2) is 4.90 Å². The lowest BCUT2D eigenvalue weighted by atomic mass is 10.1. The van der Waals surface area contributed by atoms with Crippen LogP contribution in [0, 0.1) is 0 Å². The second-order valence-corrected chi connectivity index (χ2v) is 8.90. The summed E-state index contributed by atoms with van der Waals surface area (Å²) in [4.78, 5) is 14.8. The van der Waals surface area contributed by atoms with Gasteiger partial charge in [-0.25, -0.2) is 4.79 Å². The van der Waals surface area contributed by atoms with E-state index in [0.717, 1.165) is 17.1 Å². The van der Waals surface area contributed by atoms with E-state index in [9.17, 15) is 4.79 Å². The molecule has 0 amide bonds. The molecule has 1 aliphatic rings. The van der Waals surface area contributed by atoms with Crippen LogP contribution in [0.1, 0.15) is 23.2 Å². The van der Waals surface area contributed by atoms with E-state index in [2.05, 4.69) is 41.3 Å². The molecule has 0 spiro atoms. The van der Waals surface area contributed by atoms with Gasteiger partial charge in [0, 0.05) is 28.0 Å². The van der Waals surface area contributed by atoms with E-state index >= 15 is 0 Å². The van der Waals surface area contributed by atoms with Crippen LogP contribution in [0.25, 0.3) is 0 Å². The van der Waals surface area contributed by atoms with Crippen molar-refractivity contribution in [2.75, 3.05) is 16.4 Å². The number of hydrogen-bond donors (Lipinski definition) is 1. The van der Waals surface area contributed by atoms with E-state index in [1.165, 1.54) is 29.2 Å². The first kappa shape index (κ1) is 17.7. The first-order valence-corrected chi connectivity index (χ1v) is 10.7. The van der Waals surface area contributed by atoms with Crippen LogP contribution >= 0.6 is 0 Å². The number of carbonyl (C=O) groups is 1. The minimum Gasteiger partial charge on any atom is -0.478 e. The predicted octanol–water partition coefficient (Wildman–Crippen LogP) is 5.63. The van der Waals surface area contributed by atoms with Gasteiger partial charge in [0.2, 0.25) is 0 Å². The molecule has 1 heterocycles. The van der Waals surface area contributed by atoms with E-state index in [4.69, 9.17) is 5.11 Å². The second-order valence-electron chi connectivity index (χ2n) is 6.63. The first-order valence-electron chi connectivity index (χ1n) is 9.18. The molecule has 1 N–H and O–H groups in total. The van der Waals surface area contributed by atoms with Gasteiger partial charge in [-0.05, 0) is 73.5 Å². The van der Waals surface area contributed by atoms with Gasteiger partial charge in [0.1, 0.15) is 11.5 Å². The highest BCUT2D eigenvalue weighted by atomic mass is 32.2. The molecule has 4 rings (SSSR count). The van der Waals surface area contributed by atoms with Gasteiger partial charge < -0.3 is 10.0 Å². The van der Waals surface area contributed by atoms with Crippen LogP contribution in [-0.2, 0) is 10.9 Å². The van der Waals surface area contributed by atoms with Crippen molar-refractivity contribution in [3.05, 3.63) is 84.4 Å². The minimum atomic E-state index is -0.908. The number of para-hydroxylation sites is 1. The van der Waals surface area contributed by atoms with Gasteiger partial charge in [0.05, 0.1) is 5.56 Å². The van der Waals surface area contributed by atoms with Crippen LogP contribution in [0.15, 0.2) is 83.8 Å². The van der Waals surface area contributed by atoms with Crippen molar-refractivity contribution in [2.24, 2.45) is 0 Å². The SMILES string of the molecule is O=C(O)c1ccc(N(c2ccccc2)c2ccc([S+]3CCCC3)cc2)cc1. The standard InChI is InChI=1S/C23H21NO2S/c25-23(26)18-8-10-20(11-9-18)24(19-6-2-1-3-7-19)21-12-14-22(15-13-21)27-16-4-5-17-27/h1-3,6-15H,4-5,16-17H2/p+1. The summed E-state index contributed by atoms with van der Waals surface area (Å²) in [5.74, 6) is 1.73. The van der Waals surface area contributed by atoms with Gasteiger partial charge in [-0.3, -0.25) is 0 Å². The molecule has 0 atom stereocenters. The molecule has 136 valence electrons. The number of aromatic carboxylic acids is 1. The fourth-order valence-electron chi connectivity index (χ4n) is 3.46. The topological polar surface area (TPSA) is 40.5 Å². The lowest BCUT2D eigenvalue weighted by Gasteiger charge is -2.25. The molecule has 3 nitrogen and oxygen atoms in total. The van der Waals surface area contributed by atoms with Crippen LogP contribution < -0.4 is 4.90 Å². The third-order valence-electron chi connectivity index (χ3n) is 4.85. The van der Waals surface area contributed by atoms with Gasteiger partial charge in [0.25, 0.3) is 0 Å². The van der Waals surface area contributed by atoms with Crippen molar-refractivity contribution < 1.29 is 9.90 Å². The number of carboxylic acids is 1. The molecule has 1 aliphatic heterocycles. The summed E-state index contributed by atoms with van der Waals surface area (Å²) in [7, 11) is 0.407. The number of hydrogen-bond acceptors (Lipinski definition) is 2. The van der Waals surface area contributed by atoms with Gasteiger partial charge >= 0.3 is 5.97 Å². The third-order valence-corrected chi connectivity index (χ3v) is 7.35. The van der Waals surface area contributed by atoms with E-state index in [0.29, 0.717) is 16.5 Å². The number of benzene rings is 3. The van der Waals surface area contributed by atoms with Gasteiger partial charge in [-0.2, -0.15) is 0 Å². The first-order chi connectivity index (χ1) is 13.2. The Morgan fingerprint density at radius 1 is 0.741 bits per heavy atom. The smallest absolute Gasteiger partial charge is 0.335 e. The van der Waals surface area contributed by atoms with Crippen molar-refractivity contribution in [3.63, 3.8) is 0 Å². The normalized spacial score (nSPS) is 14.2. The molecular weight excluding hydrogens is 354 g/mol. The third kappa shape index (κ3) is 3.86. The molecule has 0 unspecified atom stereocenters. The molecule has 0 saturated carbocycles. The minimum absolute atomic E-state index is 0.296. The zero-order valence-electron chi connectivity index (χ0n) is 15.0. The lowest BCUT2D eigenvalue weighted by molar-refractivity contribution is 0.0697. The number of nitrogens with zero attached hydrogens (tertiary/aromatic N) is 1. The van der Waals surface area contributed by atoms with Crippen LogP contribution in [0.3, 0.4) is 0 Å². The maximum atomic E-state index is 11.2. The Hall–Kier alpha value is -2.72. The van der Waals surface area contributed by atoms with Crippen molar-refractivity contribution in [2.45, 2.75) is 17.7 Å². The Kier molecular flexibility index (Phi) is 5.16. The highest BCUT2D eigenvalue weighted by Gasteiger charge is 2.26. The highest BCUT2D eigenvalue weighted by molar-refractivity contribution is 7.97. The van der Waals surface area contributed by atoms with Gasteiger partial charge in [-0.1, -0.05) is 18.2 Å². The molecule has 3 aromatic rings. The molecule has 0 radical (unpaired) electrons. The Morgan fingerprint density at radius 3 is 1.81 bits per heavy atom. The van der Waals surface area contributed by atoms with Crippen LogP contribution in [-0.4, -0.2) is 22.6 Å². The Labute approximate surface area is 162 Å². The van der Waals surface area contributed by atoms with Crippen LogP contribution in [0.4, 0.5) is 17.1 Å². The van der Waals surface area contributed by atoms with Crippen molar-refractivity contribution >= 4 is 33.9 Å². The molecule has 27 heavy (non-hydrogen) atoms. The Morgan fingerprint density at radius 2 is 1.26 bits per heavy atom. The summed E-state index contributed by atoms with van der Waals surface area (Å²) in [6.45, 7) is 0. The maximum absolute atomic E-state index is 11.2. The largest absolute Gasteiger partial charge is 0.478 e. The van der Waals surface area contributed by atoms with E-state index in [1.54, 1.807) is 12.1 Å². The lowest BCUT2D eigenvalue weighted by Crippen LogP contribution is -2.11.